The Morgan fingerprint density at radius 3 is 2.88 bits per heavy atom. The molecule has 0 saturated carbocycles. The van der Waals surface area contributed by atoms with E-state index < -0.39 is 5.97 Å². The molecule has 0 amide bonds. The first-order valence-corrected chi connectivity index (χ1v) is 7.31. The lowest BCUT2D eigenvalue weighted by atomic mass is 10.0. The molecule has 0 bridgehead atoms. The molecule has 0 aliphatic rings. The number of rotatable bonds is 4. The van der Waals surface area contributed by atoms with Crippen LogP contribution in [-0.4, -0.2) is 25.8 Å². The molecule has 0 radical (unpaired) electrons. The maximum atomic E-state index is 11.3. The molecule has 0 aliphatic carbocycles. The van der Waals surface area contributed by atoms with Crippen LogP contribution in [0.1, 0.15) is 32.7 Å². The van der Waals surface area contributed by atoms with Crippen molar-refractivity contribution in [2.24, 2.45) is 0 Å². The Morgan fingerprint density at radius 2 is 2.12 bits per heavy atom. The first-order chi connectivity index (χ1) is 11.6. The number of nitrogens with zero attached hydrogens (tertiary/aromatic N) is 4. The average molecular weight is 318 g/mol. The molecule has 118 valence electrons. The van der Waals surface area contributed by atoms with Gasteiger partial charge in [-0.2, -0.15) is 10.4 Å². The number of hydrogen-bond acceptors (Lipinski definition) is 4. The highest BCUT2D eigenvalue weighted by molar-refractivity contribution is 5.89. The van der Waals surface area contributed by atoms with Crippen LogP contribution in [0.15, 0.2) is 48.9 Å². The van der Waals surface area contributed by atoms with Gasteiger partial charge in [0.1, 0.15) is 6.07 Å². The quantitative estimate of drug-likeness (QED) is 0.798. The minimum absolute atomic E-state index is 0.219. The van der Waals surface area contributed by atoms with Crippen LogP contribution in [0.2, 0.25) is 0 Å². The van der Waals surface area contributed by atoms with Crippen molar-refractivity contribution >= 4 is 5.97 Å². The second-order valence-electron chi connectivity index (χ2n) is 5.35. The minimum atomic E-state index is -0.987. The van der Waals surface area contributed by atoms with E-state index in [-0.39, 0.29) is 5.56 Å². The van der Waals surface area contributed by atoms with Crippen LogP contribution in [0.3, 0.4) is 0 Å². The van der Waals surface area contributed by atoms with E-state index in [0.717, 1.165) is 11.3 Å². The van der Waals surface area contributed by atoms with Crippen molar-refractivity contribution in [3.63, 3.8) is 0 Å². The van der Waals surface area contributed by atoms with Gasteiger partial charge in [-0.05, 0) is 36.2 Å². The number of aryl methyl sites for hydroxylation is 1. The van der Waals surface area contributed by atoms with Crippen molar-refractivity contribution in [2.45, 2.75) is 13.3 Å². The molecular formula is C18H14N4O2. The first-order valence-electron chi connectivity index (χ1n) is 7.31. The Kier molecular flexibility index (Phi) is 4.08. The van der Waals surface area contributed by atoms with Crippen molar-refractivity contribution in [1.29, 1.82) is 5.26 Å². The van der Waals surface area contributed by atoms with Gasteiger partial charge in [-0.3, -0.25) is 4.98 Å². The number of para-hydroxylation sites is 1. The van der Waals surface area contributed by atoms with E-state index in [1.807, 2.05) is 25.3 Å². The Balaban J connectivity index is 1.99. The van der Waals surface area contributed by atoms with Gasteiger partial charge in [0.25, 0.3) is 0 Å². The van der Waals surface area contributed by atoms with Crippen LogP contribution in [0, 0.1) is 18.3 Å². The van der Waals surface area contributed by atoms with E-state index in [2.05, 4.69) is 16.2 Å². The molecule has 3 aromatic rings. The molecule has 0 saturated heterocycles. The van der Waals surface area contributed by atoms with Gasteiger partial charge in [-0.1, -0.05) is 12.1 Å². The molecule has 0 aliphatic heterocycles. The molecule has 0 spiro atoms. The summed E-state index contributed by atoms with van der Waals surface area (Å²) >= 11 is 0. The summed E-state index contributed by atoms with van der Waals surface area (Å²) in [5, 5.41) is 23.0. The summed E-state index contributed by atoms with van der Waals surface area (Å²) in [6, 6.07) is 10.8. The topological polar surface area (TPSA) is 91.8 Å². The molecule has 2 heterocycles. The highest BCUT2D eigenvalue weighted by Gasteiger charge is 2.14. The van der Waals surface area contributed by atoms with E-state index in [9.17, 15) is 15.2 Å². The average Bonchev–Trinajstić information content (AvgIpc) is 2.95. The fourth-order valence-electron chi connectivity index (χ4n) is 2.52. The van der Waals surface area contributed by atoms with Gasteiger partial charge >= 0.3 is 5.97 Å². The van der Waals surface area contributed by atoms with Crippen molar-refractivity contribution < 1.29 is 9.90 Å². The summed E-state index contributed by atoms with van der Waals surface area (Å²) in [4.78, 5) is 15.3. The van der Waals surface area contributed by atoms with Gasteiger partial charge < -0.3 is 5.11 Å². The monoisotopic (exact) mass is 318 g/mol. The molecule has 2 aromatic heterocycles. The van der Waals surface area contributed by atoms with Crippen molar-refractivity contribution in [1.82, 2.24) is 14.8 Å². The number of nitriles is 1. The third-order valence-corrected chi connectivity index (χ3v) is 3.76. The highest BCUT2D eigenvalue weighted by Crippen LogP contribution is 2.19. The van der Waals surface area contributed by atoms with Crippen molar-refractivity contribution in [3.05, 3.63) is 76.9 Å². The molecule has 1 aromatic carbocycles. The number of pyridine rings is 1. The molecular weight excluding hydrogens is 304 g/mol. The van der Waals surface area contributed by atoms with Crippen LogP contribution >= 0.6 is 0 Å². The second-order valence-corrected chi connectivity index (χ2v) is 5.35. The predicted octanol–water partition coefficient (Wildman–Crippen LogP) is 2.74. The lowest BCUT2D eigenvalue weighted by molar-refractivity contribution is 0.0695. The standard InChI is InChI=1S/C18H14N4O2/c1-12-11-22(17-5-3-2-4-13(17)9-19)21-16(12)8-14-10-20-7-6-15(14)18(23)24/h2-7,10-11H,8H2,1H3,(H,23,24). The lowest BCUT2D eigenvalue weighted by Gasteiger charge is -2.05. The van der Waals surface area contributed by atoms with E-state index >= 15 is 0 Å². The van der Waals surface area contributed by atoms with Gasteiger partial charge in [-0.15, -0.1) is 0 Å². The zero-order valence-electron chi connectivity index (χ0n) is 13.0. The number of carboxylic acids is 1. The van der Waals surface area contributed by atoms with Crippen LogP contribution in [0.25, 0.3) is 5.69 Å². The van der Waals surface area contributed by atoms with Crippen molar-refractivity contribution in [2.75, 3.05) is 0 Å². The maximum Gasteiger partial charge on any atom is 0.336 e. The third kappa shape index (κ3) is 2.88. The number of benzene rings is 1. The molecule has 3 rings (SSSR count). The summed E-state index contributed by atoms with van der Waals surface area (Å²) in [6.45, 7) is 1.91. The van der Waals surface area contributed by atoms with Gasteiger partial charge in [0.15, 0.2) is 0 Å². The number of aromatic nitrogens is 3. The van der Waals surface area contributed by atoms with Crippen LogP contribution in [-0.2, 0) is 6.42 Å². The molecule has 0 fully saturated rings. The van der Waals surface area contributed by atoms with Gasteiger partial charge in [0.05, 0.1) is 22.5 Å². The van der Waals surface area contributed by atoms with Gasteiger partial charge in [0, 0.05) is 25.0 Å². The summed E-state index contributed by atoms with van der Waals surface area (Å²) in [6.07, 6.45) is 5.21. The Morgan fingerprint density at radius 1 is 1.33 bits per heavy atom. The molecule has 24 heavy (non-hydrogen) atoms. The zero-order valence-corrected chi connectivity index (χ0v) is 13.0. The number of aromatic carboxylic acids is 1. The second kappa shape index (κ2) is 6.34. The van der Waals surface area contributed by atoms with E-state index in [1.54, 1.807) is 23.0 Å². The Labute approximate surface area is 138 Å². The SMILES string of the molecule is Cc1cn(-c2ccccc2C#N)nc1Cc1cnccc1C(=O)O. The van der Waals surface area contributed by atoms with Crippen LogP contribution < -0.4 is 0 Å². The Hall–Kier alpha value is -3.46. The first kappa shape index (κ1) is 15.4. The zero-order chi connectivity index (χ0) is 17.1. The van der Waals surface area contributed by atoms with E-state index in [4.69, 9.17) is 0 Å². The maximum absolute atomic E-state index is 11.3. The summed E-state index contributed by atoms with van der Waals surface area (Å²) in [5.41, 5.74) is 3.71. The molecule has 1 N–H and O–H groups in total. The van der Waals surface area contributed by atoms with Crippen molar-refractivity contribution in [3.8, 4) is 11.8 Å². The van der Waals surface area contributed by atoms with Crippen LogP contribution in [0.4, 0.5) is 0 Å². The van der Waals surface area contributed by atoms with Gasteiger partial charge in [-0.25, -0.2) is 9.48 Å². The summed E-state index contributed by atoms with van der Waals surface area (Å²) in [7, 11) is 0. The largest absolute Gasteiger partial charge is 0.478 e. The van der Waals surface area contributed by atoms with E-state index in [1.165, 1.54) is 12.3 Å². The predicted molar refractivity (Wildman–Crippen MR) is 87.0 cm³/mol. The lowest BCUT2D eigenvalue weighted by Crippen LogP contribution is -2.05. The highest BCUT2D eigenvalue weighted by atomic mass is 16.4. The van der Waals surface area contributed by atoms with E-state index in [0.29, 0.717) is 23.2 Å². The Bertz CT molecular complexity index is 954. The van der Waals surface area contributed by atoms with Gasteiger partial charge in [0.2, 0.25) is 0 Å². The number of carbonyl (C=O) groups is 1. The molecule has 0 unspecified atom stereocenters. The minimum Gasteiger partial charge on any atom is -0.478 e. The molecule has 6 heteroatoms. The number of hydrogen-bond donors (Lipinski definition) is 1. The number of carboxylic acid groups (broad SMARTS) is 1. The third-order valence-electron chi connectivity index (χ3n) is 3.76. The van der Waals surface area contributed by atoms with Crippen LogP contribution in [0.5, 0.6) is 0 Å². The molecule has 6 nitrogen and oxygen atoms in total. The summed E-state index contributed by atoms with van der Waals surface area (Å²) in [5.74, 6) is -0.987. The molecule has 0 atom stereocenters. The fraction of sp³-hybridized carbons (Fsp3) is 0.111. The normalized spacial score (nSPS) is 10.3. The fourth-order valence-corrected chi connectivity index (χ4v) is 2.52. The smallest absolute Gasteiger partial charge is 0.336 e. The summed E-state index contributed by atoms with van der Waals surface area (Å²) < 4.78 is 1.65.